The minimum atomic E-state index is -4.01. The molecule has 136 valence electrons. The summed E-state index contributed by atoms with van der Waals surface area (Å²) in [4.78, 5) is 14.2. The molecule has 0 saturated carbocycles. The van der Waals surface area contributed by atoms with Gasteiger partial charge in [-0.25, -0.2) is 13.2 Å². The van der Waals surface area contributed by atoms with Crippen LogP contribution in [0.2, 0.25) is 0 Å². The number of hydrogen-bond acceptors (Lipinski definition) is 6. The first-order chi connectivity index (χ1) is 12.6. The number of sulfone groups is 1. The Morgan fingerprint density at radius 1 is 1.04 bits per heavy atom. The van der Waals surface area contributed by atoms with Gasteiger partial charge >= 0.3 is 5.97 Å². The maximum atomic E-state index is 13.2. The Hall–Kier alpha value is -2.25. The third-order valence-corrected chi connectivity index (χ3v) is 7.08. The maximum Gasteiger partial charge on any atom is 0.352 e. The first-order valence-electron chi connectivity index (χ1n) is 8.14. The Labute approximate surface area is 157 Å². The van der Waals surface area contributed by atoms with Gasteiger partial charge in [-0.05, 0) is 30.7 Å². The van der Waals surface area contributed by atoms with Gasteiger partial charge in [-0.1, -0.05) is 36.4 Å². The second-order valence-corrected chi connectivity index (χ2v) is 8.60. The molecule has 2 aromatic carbocycles. The molecule has 2 aromatic rings. The summed E-state index contributed by atoms with van der Waals surface area (Å²) in [6, 6.07) is 17.4. The first-order valence-corrected chi connectivity index (χ1v) is 10.6. The number of anilines is 1. The van der Waals surface area contributed by atoms with Gasteiger partial charge in [-0.3, -0.25) is 0 Å². The molecule has 0 bridgehead atoms. The van der Waals surface area contributed by atoms with Crippen LogP contribution in [-0.4, -0.2) is 33.8 Å². The molecular weight excluding hydrogens is 370 g/mol. The lowest BCUT2D eigenvalue weighted by atomic mass is 10.2. The summed E-state index contributed by atoms with van der Waals surface area (Å²) >= 11 is 1.37. The quantitative estimate of drug-likeness (QED) is 0.590. The number of esters is 1. The average molecular weight is 389 g/mol. The van der Waals surface area contributed by atoms with E-state index >= 15 is 0 Å². The van der Waals surface area contributed by atoms with Crippen LogP contribution in [0.3, 0.4) is 0 Å². The summed E-state index contributed by atoms with van der Waals surface area (Å²) in [6.07, 6.45) is 0.892. The smallest absolute Gasteiger partial charge is 0.352 e. The van der Waals surface area contributed by atoms with E-state index < -0.39 is 15.8 Å². The van der Waals surface area contributed by atoms with Crippen LogP contribution < -0.4 is 4.90 Å². The van der Waals surface area contributed by atoms with Crippen LogP contribution >= 0.6 is 11.8 Å². The molecule has 1 heterocycles. The third-order valence-electron chi connectivity index (χ3n) is 3.97. The number of ether oxygens (including phenoxy) is 1. The van der Waals surface area contributed by atoms with Crippen LogP contribution in [0.5, 0.6) is 0 Å². The predicted octanol–water partition coefficient (Wildman–Crippen LogP) is 3.45. The molecule has 5 nitrogen and oxygen atoms in total. The van der Waals surface area contributed by atoms with Crippen LogP contribution in [-0.2, 0) is 19.4 Å². The van der Waals surface area contributed by atoms with Crippen molar-refractivity contribution in [2.75, 3.05) is 24.3 Å². The van der Waals surface area contributed by atoms with Gasteiger partial charge in [-0.2, -0.15) is 0 Å². The summed E-state index contributed by atoms with van der Waals surface area (Å²) < 4.78 is 31.3. The molecule has 26 heavy (non-hydrogen) atoms. The third kappa shape index (κ3) is 3.64. The highest BCUT2D eigenvalue weighted by molar-refractivity contribution is 8.05. The molecule has 3 rings (SSSR count). The van der Waals surface area contributed by atoms with Gasteiger partial charge in [-0.15, -0.1) is 11.8 Å². The van der Waals surface area contributed by atoms with Crippen molar-refractivity contribution in [3.63, 3.8) is 0 Å². The molecular formula is C19H19NO4S2. The SMILES string of the molecule is COC(=O)/C(=C1\SCCCN1c1ccccc1)S(=O)(=O)c1ccccc1. The predicted molar refractivity (Wildman–Crippen MR) is 104 cm³/mol. The van der Waals surface area contributed by atoms with E-state index in [9.17, 15) is 13.2 Å². The fourth-order valence-corrected chi connectivity index (χ4v) is 5.67. The molecule has 1 aliphatic rings. The van der Waals surface area contributed by atoms with Crippen molar-refractivity contribution in [2.24, 2.45) is 0 Å². The Balaban J connectivity index is 2.21. The molecule has 0 aliphatic carbocycles. The zero-order valence-electron chi connectivity index (χ0n) is 14.3. The Kier molecular flexibility index (Phi) is 5.68. The van der Waals surface area contributed by atoms with E-state index in [0.717, 1.165) is 17.9 Å². The highest BCUT2D eigenvalue weighted by atomic mass is 32.2. The van der Waals surface area contributed by atoms with E-state index in [1.165, 1.54) is 31.0 Å². The van der Waals surface area contributed by atoms with Crippen LogP contribution in [0.15, 0.2) is 75.5 Å². The van der Waals surface area contributed by atoms with E-state index in [0.29, 0.717) is 11.6 Å². The number of thioether (sulfide) groups is 1. The van der Waals surface area contributed by atoms with Gasteiger partial charge in [0.25, 0.3) is 0 Å². The largest absolute Gasteiger partial charge is 0.465 e. The average Bonchev–Trinajstić information content (AvgIpc) is 2.69. The number of rotatable bonds is 4. The van der Waals surface area contributed by atoms with Gasteiger partial charge in [0, 0.05) is 18.0 Å². The topological polar surface area (TPSA) is 63.7 Å². The van der Waals surface area contributed by atoms with Gasteiger partial charge < -0.3 is 9.64 Å². The highest BCUT2D eigenvalue weighted by Crippen LogP contribution is 2.37. The molecule has 1 fully saturated rings. The van der Waals surface area contributed by atoms with E-state index in [2.05, 4.69) is 0 Å². The molecule has 0 aromatic heterocycles. The zero-order valence-corrected chi connectivity index (χ0v) is 15.9. The van der Waals surface area contributed by atoms with Crippen LogP contribution in [0, 0.1) is 0 Å². The second kappa shape index (κ2) is 7.97. The fraction of sp³-hybridized carbons (Fsp3) is 0.211. The van der Waals surface area contributed by atoms with Crippen LogP contribution in [0.1, 0.15) is 6.42 Å². The van der Waals surface area contributed by atoms with Gasteiger partial charge in [0.2, 0.25) is 9.84 Å². The minimum Gasteiger partial charge on any atom is -0.465 e. The number of hydrogen-bond donors (Lipinski definition) is 0. The van der Waals surface area contributed by atoms with Crippen molar-refractivity contribution >= 4 is 33.3 Å². The number of methoxy groups -OCH3 is 1. The van der Waals surface area contributed by atoms with Gasteiger partial charge in [0.1, 0.15) is 5.03 Å². The van der Waals surface area contributed by atoms with Crippen molar-refractivity contribution in [3.8, 4) is 0 Å². The fourth-order valence-electron chi connectivity index (χ4n) is 2.74. The molecule has 0 spiro atoms. The summed E-state index contributed by atoms with van der Waals surface area (Å²) in [5.74, 6) is -0.108. The standard InChI is InChI=1S/C19H19NO4S2/c1-24-19(21)17(26(22,23)16-11-6-3-7-12-16)18-20(13-8-14-25-18)15-9-4-2-5-10-15/h2-7,9-12H,8,13-14H2,1H3/b18-17+. The lowest BCUT2D eigenvalue weighted by Crippen LogP contribution is -2.31. The van der Waals surface area contributed by atoms with Crippen molar-refractivity contribution in [1.82, 2.24) is 0 Å². The second-order valence-electron chi connectivity index (χ2n) is 5.63. The molecule has 0 N–H and O–H groups in total. The van der Waals surface area contributed by atoms with Crippen molar-refractivity contribution in [1.29, 1.82) is 0 Å². The van der Waals surface area contributed by atoms with Crippen molar-refractivity contribution < 1.29 is 17.9 Å². The molecule has 0 atom stereocenters. The molecule has 7 heteroatoms. The van der Waals surface area contributed by atoms with E-state index in [-0.39, 0.29) is 9.80 Å². The number of carbonyl (C=O) groups is 1. The minimum absolute atomic E-state index is 0.0760. The number of nitrogens with zero attached hydrogens (tertiary/aromatic N) is 1. The van der Waals surface area contributed by atoms with E-state index in [1.54, 1.807) is 18.2 Å². The molecule has 1 saturated heterocycles. The highest BCUT2D eigenvalue weighted by Gasteiger charge is 2.35. The van der Waals surface area contributed by atoms with Crippen LogP contribution in [0.25, 0.3) is 0 Å². The Morgan fingerprint density at radius 3 is 2.27 bits per heavy atom. The van der Waals surface area contributed by atoms with Crippen molar-refractivity contribution in [2.45, 2.75) is 11.3 Å². The van der Waals surface area contributed by atoms with Gasteiger partial charge in [0.05, 0.1) is 12.0 Å². The Morgan fingerprint density at radius 2 is 1.65 bits per heavy atom. The molecule has 1 aliphatic heterocycles. The number of carbonyl (C=O) groups excluding carboxylic acids is 1. The normalized spacial score (nSPS) is 16.9. The van der Waals surface area contributed by atoms with E-state index in [4.69, 9.17) is 4.74 Å². The molecule has 0 amide bonds. The van der Waals surface area contributed by atoms with Crippen LogP contribution in [0.4, 0.5) is 5.69 Å². The molecule has 0 radical (unpaired) electrons. The van der Waals surface area contributed by atoms with E-state index in [1.807, 2.05) is 35.2 Å². The monoisotopic (exact) mass is 389 g/mol. The maximum absolute atomic E-state index is 13.2. The lowest BCUT2D eigenvalue weighted by Gasteiger charge is -2.32. The van der Waals surface area contributed by atoms with Gasteiger partial charge in [0.15, 0.2) is 4.91 Å². The number of para-hydroxylation sites is 1. The summed E-state index contributed by atoms with van der Waals surface area (Å²) in [5.41, 5.74) is 0.847. The molecule has 0 unspecified atom stereocenters. The summed E-state index contributed by atoms with van der Waals surface area (Å²) in [5, 5.41) is 0.415. The number of benzene rings is 2. The zero-order chi connectivity index (χ0) is 18.6. The Bertz CT molecular complexity index is 909. The summed E-state index contributed by atoms with van der Waals surface area (Å²) in [6.45, 7) is 0.636. The lowest BCUT2D eigenvalue weighted by molar-refractivity contribution is -0.135. The van der Waals surface area contributed by atoms with Crippen molar-refractivity contribution in [3.05, 3.63) is 70.6 Å². The first kappa shape index (κ1) is 18.5. The summed E-state index contributed by atoms with van der Waals surface area (Å²) in [7, 11) is -2.81.